The fourth-order valence-electron chi connectivity index (χ4n) is 2.66. The van der Waals surface area contributed by atoms with Crippen molar-refractivity contribution < 1.29 is 14.4 Å². The van der Waals surface area contributed by atoms with E-state index in [9.17, 15) is 14.4 Å². The van der Waals surface area contributed by atoms with Gasteiger partial charge >= 0.3 is 6.03 Å². The SMILES string of the molecule is O=C1CC(=O)N(CCc2ccccn2)C(=O)N1CCc1ccccn1. The van der Waals surface area contributed by atoms with Crippen LogP contribution in [-0.4, -0.2) is 50.7 Å². The zero-order valence-electron chi connectivity index (χ0n) is 13.7. The average Bonchev–Trinajstić information content (AvgIpc) is 2.63. The number of aromatic nitrogens is 2. The van der Waals surface area contributed by atoms with Crippen LogP contribution in [0.15, 0.2) is 48.8 Å². The minimum atomic E-state index is -0.562. The third-order valence-electron chi connectivity index (χ3n) is 4.00. The van der Waals surface area contributed by atoms with Crippen molar-refractivity contribution in [1.82, 2.24) is 19.8 Å². The second kappa shape index (κ2) is 7.65. The number of carbonyl (C=O) groups is 3. The van der Waals surface area contributed by atoms with Gasteiger partial charge in [-0.2, -0.15) is 0 Å². The molecule has 1 saturated heterocycles. The number of hydrogen-bond acceptors (Lipinski definition) is 5. The molecular formula is C18H18N4O3. The largest absolute Gasteiger partial charge is 0.333 e. The molecule has 0 bridgehead atoms. The van der Waals surface area contributed by atoms with Crippen molar-refractivity contribution in [3.63, 3.8) is 0 Å². The average molecular weight is 338 g/mol. The van der Waals surface area contributed by atoms with E-state index in [1.54, 1.807) is 24.5 Å². The molecule has 3 rings (SSSR count). The van der Waals surface area contributed by atoms with Gasteiger partial charge in [0.2, 0.25) is 11.8 Å². The summed E-state index contributed by atoms with van der Waals surface area (Å²) in [7, 11) is 0. The van der Waals surface area contributed by atoms with E-state index in [0.717, 1.165) is 21.2 Å². The first-order valence-corrected chi connectivity index (χ1v) is 8.09. The molecule has 1 aliphatic heterocycles. The van der Waals surface area contributed by atoms with Crippen molar-refractivity contribution in [2.75, 3.05) is 13.1 Å². The van der Waals surface area contributed by atoms with Crippen molar-refractivity contribution in [3.05, 3.63) is 60.2 Å². The lowest BCUT2D eigenvalue weighted by Gasteiger charge is -2.32. The van der Waals surface area contributed by atoms with Gasteiger partial charge in [-0.25, -0.2) is 4.79 Å². The summed E-state index contributed by atoms with van der Waals surface area (Å²) in [6, 6.07) is 10.4. The summed E-state index contributed by atoms with van der Waals surface area (Å²) in [5.74, 6) is -0.917. The van der Waals surface area contributed by atoms with Gasteiger partial charge in [-0.05, 0) is 24.3 Å². The van der Waals surface area contributed by atoms with Crippen LogP contribution in [0.25, 0.3) is 0 Å². The van der Waals surface area contributed by atoms with Crippen LogP contribution < -0.4 is 0 Å². The Bertz CT molecular complexity index is 701. The van der Waals surface area contributed by atoms with E-state index in [1.807, 2.05) is 24.3 Å². The van der Waals surface area contributed by atoms with Gasteiger partial charge < -0.3 is 0 Å². The van der Waals surface area contributed by atoms with Crippen molar-refractivity contribution in [2.24, 2.45) is 0 Å². The van der Waals surface area contributed by atoms with Crippen LogP contribution >= 0.6 is 0 Å². The van der Waals surface area contributed by atoms with Gasteiger partial charge in [0.1, 0.15) is 6.42 Å². The lowest BCUT2D eigenvalue weighted by atomic mass is 10.2. The number of rotatable bonds is 6. The van der Waals surface area contributed by atoms with Gasteiger partial charge in [-0.15, -0.1) is 0 Å². The molecule has 0 radical (unpaired) electrons. The minimum Gasteiger partial charge on any atom is -0.274 e. The molecule has 1 aliphatic rings. The molecule has 0 aliphatic carbocycles. The number of barbiturate groups is 1. The van der Waals surface area contributed by atoms with E-state index in [2.05, 4.69) is 9.97 Å². The minimum absolute atomic E-state index is 0.210. The van der Waals surface area contributed by atoms with E-state index in [4.69, 9.17) is 0 Å². The van der Waals surface area contributed by atoms with Crippen molar-refractivity contribution in [3.8, 4) is 0 Å². The maximum absolute atomic E-state index is 12.6. The molecule has 4 amide bonds. The summed E-state index contributed by atoms with van der Waals surface area (Å²) < 4.78 is 0. The third-order valence-corrected chi connectivity index (χ3v) is 4.00. The van der Waals surface area contributed by atoms with Gasteiger partial charge in [-0.3, -0.25) is 29.4 Å². The van der Waals surface area contributed by atoms with Gasteiger partial charge in [0.15, 0.2) is 0 Å². The Labute approximate surface area is 145 Å². The van der Waals surface area contributed by atoms with Crippen LogP contribution in [0.5, 0.6) is 0 Å². The predicted octanol–water partition coefficient (Wildman–Crippen LogP) is 1.44. The summed E-state index contributed by atoms with van der Waals surface area (Å²) in [6.07, 6.45) is 3.97. The lowest BCUT2D eigenvalue weighted by Crippen LogP contribution is -2.55. The first-order chi connectivity index (χ1) is 12.1. The lowest BCUT2D eigenvalue weighted by molar-refractivity contribution is -0.142. The summed E-state index contributed by atoms with van der Waals surface area (Å²) >= 11 is 0. The molecule has 7 heteroatoms. The molecule has 0 N–H and O–H groups in total. The van der Waals surface area contributed by atoms with Crippen LogP contribution in [0.4, 0.5) is 4.79 Å². The zero-order valence-corrected chi connectivity index (χ0v) is 13.7. The molecule has 0 aromatic carbocycles. The van der Waals surface area contributed by atoms with Crippen LogP contribution in [0.2, 0.25) is 0 Å². The highest BCUT2D eigenvalue weighted by Crippen LogP contribution is 2.14. The van der Waals surface area contributed by atoms with Crippen LogP contribution in [-0.2, 0) is 22.4 Å². The Hall–Kier alpha value is -3.09. The summed E-state index contributed by atoms with van der Waals surface area (Å²) in [5.41, 5.74) is 1.58. The highest BCUT2D eigenvalue weighted by atomic mass is 16.2. The molecular weight excluding hydrogens is 320 g/mol. The first-order valence-electron chi connectivity index (χ1n) is 8.09. The summed E-state index contributed by atoms with van der Waals surface area (Å²) in [6.45, 7) is 0.421. The number of imide groups is 2. The van der Waals surface area contributed by atoms with Gasteiger partial charge in [0, 0.05) is 49.7 Å². The highest BCUT2D eigenvalue weighted by Gasteiger charge is 2.37. The van der Waals surface area contributed by atoms with Crippen molar-refractivity contribution >= 4 is 17.8 Å². The van der Waals surface area contributed by atoms with Crippen molar-refractivity contribution in [1.29, 1.82) is 0 Å². The Balaban J connectivity index is 1.64. The first kappa shape index (κ1) is 16.8. The topological polar surface area (TPSA) is 83.5 Å². The standard InChI is InChI=1S/C18H18N4O3/c23-16-13-17(24)22(12-8-15-6-2-4-10-20-15)18(25)21(16)11-7-14-5-1-3-9-19-14/h1-6,9-10H,7-8,11-13H2. The van der Waals surface area contributed by atoms with Gasteiger partial charge in [0.25, 0.3) is 0 Å². The van der Waals surface area contributed by atoms with Crippen LogP contribution in [0.3, 0.4) is 0 Å². The van der Waals surface area contributed by atoms with E-state index >= 15 is 0 Å². The maximum Gasteiger partial charge on any atom is 0.333 e. The molecule has 128 valence electrons. The normalized spacial score (nSPS) is 15.0. The molecule has 0 atom stereocenters. The number of hydrogen-bond donors (Lipinski definition) is 0. The van der Waals surface area contributed by atoms with E-state index in [1.165, 1.54) is 0 Å². The third kappa shape index (κ3) is 4.06. The molecule has 7 nitrogen and oxygen atoms in total. The van der Waals surface area contributed by atoms with Crippen LogP contribution in [0, 0.1) is 0 Å². The molecule has 1 fully saturated rings. The van der Waals surface area contributed by atoms with E-state index < -0.39 is 17.8 Å². The second-order valence-electron chi connectivity index (χ2n) is 5.69. The number of carbonyl (C=O) groups excluding carboxylic acids is 3. The molecule has 0 saturated carbocycles. The molecule has 2 aromatic rings. The van der Waals surface area contributed by atoms with Crippen LogP contribution in [0.1, 0.15) is 17.8 Å². The molecule has 0 spiro atoms. The summed E-state index contributed by atoms with van der Waals surface area (Å²) in [5, 5.41) is 0. The number of nitrogens with zero attached hydrogens (tertiary/aromatic N) is 4. The molecule has 3 heterocycles. The van der Waals surface area contributed by atoms with E-state index in [0.29, 0.717) is 12.8 Å². The number of pyridine rings is 2. The van der Waals surface area contributed by atoms with E-state index in [-0.39, 0.29) is 19.5 Å². The Kier molecular flexibility index (Phi) is 5.13. The Morgan fingerprint density at radius 1 is 0.760 bits per heavy atom. The monoisotopic (exact) mass is 338 g/mol. The number of urea groups is 1. The maximum atomic E-state index is 12.6. The molecule has 2 aromatic heterocycles. The molecule has 25 heavy (non-hydrogen) atoms. The fourth-order valence-corrected chi connectivity index (χ4v) is 2.66. The summed E-state index contributed by atoms with van der Waals surface area (Å²) in [4.78, 5) is 47.4. The quantitative estimate of drug-likeness (QED) is 0.744. The van der Waals surface area contributed by atoms with Gasteiger partial charge in [-0.1, -0.05) is 12.1 Å². The highest BCUT2D eigenvalue weighted by molar-refractivity contribution is 6.14. The Morgan fingerprint density at radius 3 is 1.64 bits per heavy atom. The smallest absolute Gasteiger partial charge is 0.274 e. The Morgan fingerprint density at radius 2 is 1.24 bits per heavy atom. The molecule has 0 unspecified atom stereocenters. The zero-order chi connectivity index (χ0) is 17.6. The second-order valence-corrected chi connectivity index (χ2v) is 5.69. The van der Waals surface area contributed by atoms with Crippen molar-refractivity contribution in [2.45, 2.75) is 19.3 Å². The van der Waals surface area contributed by atoms with Gasteiger partial charge in [0.05, 0.1) is 0 Å². The number of amides is 4. The predicted molar refractivity (Wildman–Crippen MR) is 89.3 cm³/mol. The fraction of sp³-hybridized carbons (Fsp3) is 0.278.